The molecule has 1 saturated heterocycles. The summed E-state index contributed by atoms with van der Waals surface area (Å²) in [5.41, 5.74) is 1.78. The second kappa shape index (κ2) is 5.81. The first kappa shape index (κ1) is 14.6. The molecule has 1 amide bonds. The van der Waals surface area contributed by atoms with Gasteiger partial charge in [-0.05, 0) is 18.6 Å². The fraction of sp³-hybridized carbons (Fsp3) is 0.267. The Balaban J connectivity index is 1.86. The van der Waals surface area contributed by atoms with E-state index in [4.69, 9.17) is 16.7 Å². The Morgan fingerprint density at radius 2 is 2.23 bits per heavy atom. The number of nitrogens with one attached hydrogen (secondary N) is 1. The molecule has 6 nitrogen and oxygen atoms in total. The van der Waals surface area contributed by atoms with E-state index in [0.29, 0.717) is 29.2 Å². The molecule has 2 heterocycles. The first-order chi connectivity index (χ1) is 10.6. The molecule has 1 aromatic heterocycles. The van der Waals surface area contributed by atoms with Gasteiger partial charge in [0, 0.05) is 23.7 Å². The van der Waals surface area contributed by atoms with Crippen molar-refractivity contribution < 1.29 is 14.7 Å². The number of halogens is 1. The maximum Gasteiger partial charge on any atom is 0.308 e. The van der Waals surface area contributed by atoms with Crippen molar-refractivity contribution in [2.45, 2.75) is 6.42 Å². The molecule has 1 aliphatic rings. The van der Waals surface area contributed by atoms with Gasteiger partial charge >= 0.3 is 5.97 Å². The first-order valence-electron chi connectivity index (χ1n) is 6.87. The second-order valence-corrected chi connectivity index (χ2v) is 5.68. The highest BCUT2D eigenvalue weighted by molar-refractivity contribution is 6.30. The van der Waals surface area contributed by atoms with Gasteiger partial charge < -0.3 is 10.0 Å². The Hall–Kier alpha value is -2.34. The molecule has 22 heavy (non-hydrogen) atoms. The van der Waals surface area contributed by atoms with Crippen LogP contribution in [0.25, 0.3) is 11.3 Å². The summed E-state index contributed by atoms with van der Waals surface area (Å²) in [5, 5.41) is 16.4. The van der Waals surface area contributed by atoms with Gasteiger partial charge in [-0.1, -0.05) is 23.7 Å². The van der Waals surface area contributed by atoms with Crippen LogP contribution < -0.4 is 0 Å². The molecule has 2 N–H and O–H groups in total. The molecule has 3 rings (SSSR count). The smallest absolute Gasteiger partial charge is 0.308 e. The highest BCUT2D eigenvalue weighted by Crippen LogP contribution is 2.26. The van der Waals surface area contributed by atoms with Crippen molar-refractivity contribution >= 4 is 23.5 Å². The van der Waals surface area contributed by atoms with E-state index < -0.39 is 11.9 Å². The number of aliphatic carboxylic acids is 1. The number of carbonyl (C=O) groups is 2. The lowest BCUT2D eigenvalue weighted by atomic mass is 10.1. The minimum atomic E-state index is -0.863. The Morgan fingerprint density at radius 1 is 1.41 bits per heavy atom. The molecule has 114 valence electrons. The Morgan fingerprint density at radius 3 is 2.91 bits per heavy atom. The summed E-state index contributed by atoms with van der Waals surface area (Å²) in [5.74, 6) is -1.57. The predicted octanol–water partition coefficient (Wildman–Crippen LogP) is 2.28. The number of carboxylic acid groups (broad SMARTS) is 1. The summed E-state index contributed by atoms with van der Waals surface area (Å²) in [4.78, 5) is 25.2. The summed E-state index contributed by atoms with van der Waals surface area (Å²) >= 11 is 5.98. The van der Waals surface area contributed by atoms with Gasteiger partial charge in [0.25, 0.3) is 5.91 Å². The average molecular weight is 320 g/mol. The topological polar surface area (TPSA) is 86.3 Å². The number of rotatable bonds is 3. The number of hydrogen-bond acceptors (Lipinski definition) is 3. The molecule has 1 aliphatic heterocycles. The molecule has 0 spiro atoms. The molecule has 0 radical (unpaired) electrons. The lowest BCUT2D eigenvalue weighted by molar-refractivity contribution is -0.141. The normalized spacial score (nSPS) is 17.7. The second-order valence-electron chi connectivity index (χ2n) is 5.24. The Kier molecular flexibility index (Phi) is 3.85. The molecule has 0 bridgehead atoms. The van der Waals surface area contributed by atoms with Crippen LogP contribution in [0.15, 0.2) is 30.5 Å². The third kappa shape index (κ3) is 2.69. The number of likely N-dealkylation sites (tertiary alicyclic amines) is 1. The van der Waals surface area contributed by atoms with Gasteiger partial charge in [-0.15, -0.1) is 0 Å². The predicted molar refractivity (Wildman–Crippen MR) is 80.7 cm³/mol. The standard InChI is InChI=1S/C15H14ClN3O3/c16-11-3-1-2-9(6-11)13-12(7-17-18-13)14(20)19-5-4-10(8-19)15(21)22/h1-3,6-7,10H,4-5,8H2,(H,17,18)(H,21,22). The summed E-state index contributed by atoms with van der Waals surface area (Å²) in [6.45, 7) is 0.671. The van der Waals surface area contributed by atoms with E-state index >= 15 is 0 Å². The summed E-state index contributed by atoms with van der Waals surface area (Å²) < 4.78 is 0. The molecule has 1 aromatic carbocycles. The molecular weight excluding hydrogens is 306 g/mol. The van der Waals surface area contributed by atoms with E-state index in [1.54, 1.807) is 23.1 Å². The fourth-order valence-electron chi connectivity index (χ4n) is 2.63. The highest BCUT2D eigenvalue weighted by atomic mass is 35.5. The third-order valence-electron chi connectivity index (χ3n) is 3.81. The number of aromatic amines is 1. The minimum Gasteiger partial charge on any atom is -0.481 e. The van der Waals surface area contributed by atoms with Crippen LogP contribution in [0.4, 0.5) is 0 Å². The number of carbonyl (C=O) groups excluding carboxylic acids is 1. The minimum absolute atomic E-state index is 0.215. The van der Waals surface area contributed by atoms with Crippen molar-refractivity contribution in [2.24, 2.45) is 5.92 Å². The van der Waals surface area contributed by atoms with Gasteiger partial charge in [0.15, 0.2) is 0 Å². The largest absolute Gasteiger partial charge is 0.481 e. The number of hydrogen-bond donors (Lipinski definition) is 2. The number of amides is 1. The molecule has 1 atom stereocenters. The highest BCUT2D eigenvalue weighted by Gasteiger charge is 2.32. The van der Waals surface area contributed by atoms with Crippen LogP contribution in [-0.2, 0) is 4.79 Å². The summed E-state index contributed by atoms with van der Waals surface area (Å²) in [7, 11) is 0. The number of carboxylic acids is 1. The molecule has 0 aliphatic carbocycles. The van der Waals surface area contributed by atoms with Crippen LogP contribution in [0.2, 0.25) is 5.02 Å². The molecule has 1 fully saturated rings. The van der Waals surface area contributed by atoms with Crippen molar-refractivity contribution in [3.8, 4) is 11.3 Å². The van der Waals surface area contributed by atoms with Gasteiger partial charge in [-0.25, -0.2) is 0 Å². The van der Waals surface area contributed by atoms with Crippen LogP contribution in [0.3, 0.4) is 0 Å². The van der Waals surface area contributed by atoms with Crippen LogP contribution in [0.5, 0.6) is 0 Å². The quantitative estimate of drug-likeness (QED) is 0.908. The fourth-order valence-corrected chi connectivity index (χ4v) is 2.82. The van der Waals surface area contributed by atoms with Crippen molar-refractivity contribution in [3.05, 3.63) is 41.0 Å². The van der Waals surface area contributed by atoms with E-state index in [0.717, 1.165) is 5.56 Å². The summed E-state index contributed by atoms with van der Waals surface area (Å²) in [6.07, 6.45) is 1.94. The maximum absolute atomic E-state index is 12.6. The van der Waals surface area contributed by atoms with E-state index in [1.165, 1.54) is 6.20 Å². The van der Waals surface area contributed by atoms with Crippen molar-refractivity contribution in [3.63, 3.8) is 0 Å². The van der Waals surface area contributed by atoms with Crippen LogP contribution in [0, 0.1) is 5.92 Å². The molecule has 1 unspecified atom stereocenters. The van der Waals surface area contributed by atoms with E-state index in [-0.39, 0.29) is 12.5 Å². The van der Waals surface area contributed by atoms with Crippen molar-refractivity contribution in [2.75, 3.05) is 13.1 Å². The lowest BCUT2D eigenvalue weighted by Gasteiger charge is -2.15. The zero-order valence-electron chi connectivity index (χ0n) is 11.6. The summed E-state index contributed by atoms with van der Waals surface area (Å²) in [6, 6.07) is 7.13. The number of H-pyrrole nitrogens is 1. The van der Waals surface area contributed by atoms with Gasteiger partial charge in [0.1, 0.15) is 0 Å². The van der Waals surface area contributed by atoms with Gasteiger partial charge in [-0.2, -0.15) is 5.10 Å². The van der Waals surface area contributed by atoms with Crippen molar-refractivity contribution in [1.82, 2.24) is 15.1 Å². The third-order valence-corrected chi connectivity index (χ3v) is 4.04. The number of aromatic nitrogens is 2. The average Bonchev–Trinajstić information content (AvgIpc) is 3.16. The zero-order valence-corrected chi connectivity index (χ0v) is 12.4. The van der Waals surface area contributed by atoms with Gasteiger partial charge in [0.2, 0.25) is 0 Å². The number of benzene rings is 1. The van der Waals surface area contributed by atoms with Crippen LogP contribution >= 0.6 is 11.6 Å². The zero-order chi connectivity index (χ0) is 15.7. The molecule has 0 saturated carbocycles. The van der Waals surface area contributed by atoms with Gasteiger partial charge in [0.05, 0.1) is 23.4 Å². The van der Waals surface area contributed by atoms with E-state index in [1.807, 2.05) is 6.07 Å². The first-order valence-corrected chi connectivity index (χ1v) is 7.25. The molecule has 7 heteroatoms. The monoisotopic (exact) mass is 319 g/mol. The molecular formula is C15H14ClN3O3. The van der Waals surface area contributed by atoms with Crippen LogP contribution in [-0.4, -0.2) is 45.2 Å². The molecule has 2 aromatic rings. The Bertz CT molecular complexity index is 728. The van der Waals surface area contributed by atoms with E-state index in [9.17, 15) is 9.59 Å². The van der Waals surface area contributed by atoms with Crippen LogP contribution in [0.1, 0.15) is 16.8 Å². The van der Waals surface area contributed by atoms with Crippen molar-refractivity contribution in [1.29, 1.82) is 0 Å². The SMILES string of the molecule is O=C(O)C1CCN(C(=O)c2cn[nH]c2-c2cccc(Cl)c2)C1. The Labute approximate surface area is 131 Å². The lowest BCUT2D eigenvalue weighted by Crippen LogP contribution is -2.30. The van der Waals surface area contributed by atoms with Gasteiger partial charge in [-0.3, -0.25) is 14.7 Å². The van der Waals surface area contributed by atoms with E-state index in [2.05, 4.69) is 10.2 Å². The number of nitrogens with zero attached hydrogens (tertiary/aromatic N) is 2. The maximum atomic E-state index is 12.6.